The van der Waals surface area contributed by atoms with E-state index in [1.807, 2.05) is 36.2 Å². The van der Waals surface area contributed by atoms with Crippen molar-refractivity contribution >= 4 is 16.9 Å². The third-order valence-corrected chi connectivity index (χ3v) is 5.43. The minimum Gasteiger partial charge on any atom is -0.329 e. The number of carbonyl (C=O) groups is 1. The van der Waals surface area contributed by atoms with Gasteiger partial charge in [0.1, 0.15) is 11.3 Å². The van der Waals surface area contributed by atoms with E-state index in [-0.39, 0.29) is 11.9 Å². The van der Waals surface area contributed by atoms with E-state index in [0.717, 1.165) is 29.1 Å². The van der Waals surface area contributed by atoms with Crippen molar-refractivity contribution < 1.29 is 4.79 Å². The molecule has 0 saturated heterocycles. The second kappa shape index (κ2) is 6.80. The van der Waals surface area contributed by atoms with Crippen LogP contribution in [0.5, 0.6) is 0 Å². The molecule has 8 heteroatoms. The van der Waals surface area contributed by atoms with Crippen molar-refractivity contribution in [2.45, 2.75) is 25.9 Å². The molecule has 3 aromatic heterocycles. The van der Waals surface area contributed by atoms with E-state index in [4.69, 9.17) is 0 Å². The molecule has 1 aliphatic rings. The van der Waals surface area contributed by atoms with Gasteiger partial charge in [0.05, 0.1) is 29.9 Å². The van der Waals surface area contributed by atoms with Crippen LogP contribution in [0.3, 0.4) is 0 Å². The summed E-state index contributed by atoms with van der Waals surface area (Å²) < 4.78 is 3.89. The summed E-state index contributed by atoms with van der Waals surface area (Å²) in [6, 6.07) is 12.2. The molecular weight excluding hydrogens is 366 g/mol. The maximum atomic E-state index is 13.1. The summed E-state index contributed by atoms with van der Waals surface area (Å²) >= 11 is 0. The Bertz CT molecular complexity index is 1190. The third-order valence-electron chi connectivity index (χ3n) is 5.43. The van der Waals surface area contributed by atoms with Crippen molar-refractivity contribution in [1.82, 2.24) is 34.4 Å². The van der Waals surface area contributed by atoms with Crippen LogP contribution in [0.25, 0.3) is 11.0 Å². The number of nitrogens with zero attached hydrogens (tertiary/aromatic N) is 7. The lowest BCUT2D eigenvalue weighted by atomic mass is 10.1. The Kier molecular flexibility index (Phi) is 4.12. The molecule has 1 aliphatic heterocycles. The highest BCUT2D eigenvalue weighted by molar-refractivity contribution is 5.96. The minimum atomic E-state index is -0.0497. The Hall–Kier alpha value is -3.55. The van der Waals surface area contributed by atoms with Gasteiger partial charge in [-0.15, -0.1) is 10.2 Å². The molecule has 5 rings (SSSR count). The third kappa shape index (κ3) is 3.06. The Morgan fingerprint density at radius 1 is 1.17 bits per heavy atom. The van der Waals surface area contributed by atoms with Gasteiger partial charge in [-0.3, -0.25) is 14.5 Å². The average molecular weight is 387 g/mol. The number of amides is 1. The number of aryl methyl sites for hydroxylation is 1. The summed E-state index contributed by atoms with van der Waals surface area (Å²) in [5.41, 5.74) is 3.38. The van der Waals surface area contributed by atoms with Crippen LogP contribution in [0, 0.1) is 0 Å². The topological polar surface area (TPSA) is 81.7 Å². The van der Waals surface area contributed by atoms with Gasteiger partial charge in [0.25, 0.3) is 5.91 Å². The van der Waals surface area contributed by atoms with Gasteiger partial charge in [0, 0.05) is 26.2 Å². The van der Waals surface area contributed by atoms with Crippen molar-refractivity contribution in [3.63, 3.8) is 0 Å². The van der Waals surface area contributed by atoms with Crippen LogP contribution in [0.4, 0.5) is 0 Å². The summed E-state index contributed by atoms with van der Waals surface area (Å²) in [7, 11) is 1.85. The number of aromatic nitrogens is 6. The van der Waals surface area contributed by atoms with Gasteiger partial charge >= 0.3 is 0 Å². The first-order chi connectivity index (χ1) is 14.1. The lowest BCUT2D eigenvalue weighted by Gasteiger charge is -2.32. The van der Waals surface area contributed by atoms with Crippen LogP contribution in [0.2, 0.25) is 0 Å². The Labute approximate surface area is 167 Å². The molecular formula is C21H21N7O. The molecule has 146 valence electrons. The Balaban J connectivity index is 1.40. The van der Waals surface area contributed by atoms with Crippen LogP contribution in [-0.4, -0.2) is 46.9 Å². The van der Waals surface area contributed by atoms with Crippen LogP contribution in [-0.2, 0) is 20.0 Å². The maximum absolute atomic E-state index is 13.1. The molecule has 4 heterocycles. The molecule has 0 aliphatic carbocycles. The van der Waals surface area contributed by atoms with Crippen molar-refractivity contribution in [1.29, 1.82) is 0 Å². The number of fused-ring (bicyclic) bond motifs is 2. The SMILES string of the molecule is C[C@H]1CN(C(=O)c2cnc3cnn(C)c3c2)Cc2nnc(Cc3ccccc3)n21. The fourth-order valence-corrected chi connectivity index (χ4v) is 3.99. The van der Waals surface area contributed by atoms with Gasteiger partial charge < -0.3 is 9.47 Å². The second-order valence-corrected chi connectivity index (χ2v) is 7.50. The molecule has 4 aromatic rings. The number of hydrogen-bond donors (Lipinski definition) is 0. The average Bonchev–Trinajstić information content (AvgIpc) is 3.32. The first-order valence-electron chi connectivity index (χ1n) is 9.64. The first-order valence-corrected chi connectivity index (χ1v) is 9.64. The van der Waals surface area contributed by atoms with Gasteiger partial charge in [-0.25, -0.2) is 0 Å². The van der Waals surface area contributed by atoms with E-state index in [0.29, 0.717) is 18.7 Å². The molecule has 0 spiro atoms. The Morgan fingerprint density at radius 2 is 2.00 bits per heavy atom. The summed E-state index contributed by atoms with van der Waals surface area (Å²) in [4.78, 5) is 19.3. The zero-order valence-electron chi connectivity index (χ0n) is 16.4. The summed E-state index contributed by atoms with van der Waals surface area (Å²) in [5.74, 6) is 1.70. The van der Waals surface area contributed by atoms with E-state index in [2.05, 4.69) is 43.9 Å². The Morgan fingerprint density at radius 3 is 2.83 bits per heavy atom. The van der Waals surface area contributed by atoms with Gasteiger partial charge in [-0.1, -0.05) is 30.3 Å². The highest BCUT2D eigenvalue weighted by atomic mass is 16.2. The standard InChI is InChI=1S/C21H21N7O/c1-14-12-27(21(29)16-9-18-17(22-10-16)11-23-26(18)2)13-20-25-24-19(28(14)20)8-15-6-4-3-5-7-15/h3-7,9-11,14H,8,12-13H2,1-2H3/t14-/m0/s1. The van der Waals surface area contributed by atoms with Gasteiger partial charge in [0.15, 0.2) is 5.82 Å². The quantitative estimate of drug-likeness (QED) is 0.539. The van der Waals surface area contributed by atoms with Crippen LogP contribution >= 0.6 is 0 Å². The summed E-state index contributed by atoms with van der Waals surface area (Å²) in [6.07, 6.45) is 4.05. The first kappa shape index (κ1) is 17.5. The van der Waals surface area contributed by atoms with Gasteiger partial charge in [0.2, 0.25) is 0 Å². The van der Waals surface area contributed by atoms with Crippen LogP contribution in [0.1, 0.15) is 40.5 Å². The molecule has 1 atom stereocenters. The van der Waals surface area contributed by atoms with Gasteiger partial charge in [-0.2, -0.15) is 5.10 Å². The highest BCUT2D eigenvalue weighted by Gasteiger charge is 2.30. The number of pyridine rings is 1. The van der Waals surface area contributed by atoms with E-state index in [1.165, 1.54) is 5.56 Å². The molecule has 8 nitrogen and oxygen atoms in total. The molecule has 0 bridgehead atoms. The van der Waals surface area contributed by atoms with Crippen LogP contribution in [0.15, 0.2) is 48.8 Å². The van der Waals surface area contributed by atoms with E-state index < -0.39 is 0 Å². The largest absolute Gasteiger partial charge is 0.329 e. The van der Waals surface area contributed by atoms with Crippen molar-refractivity contribution in [2.24, 2.45) is 7.05 Å². The number of hydrogen-bond acceptors (Lipinski definition) is 5. The van der Waals surface area contributed by atoms with Crippen molar-refractivity contribution in [2.75, 3.05) is 6.54 Å². The van der Waals surface area contributed by atoms with Gasteiger partial charge in [-0.05, 0) is 18.6 Å². The smallest absolute Gasteiger partial charge is 0.255 e. The maximum Gasteiger partial charge on any atom is 0.255 e. The molecule has 0 fully saturated rings. The lowest BCUT2D eigenvalue weighted by molar-refractivity contribution is 0.0679. The van der Waals surface area contributed by atoms with Crippen molar-refractivity contribution in [3.8, 4) is 0 Å². The fourth-order valence-electron chi connectivity index (χ4n) is 3.99. The van der Waals surface area contributed by atoms with E-state index >= 15 is 0 Å². The highest BCUT2D eigenvalue weighted by Crippen LogP contribution is 2.24. The lowest BCUT2D eigenvalue weighted by Crippen LogP contribution is -2.40. The number of benzene rings is 1. The molecule has 0 saturated carbocycles. The number of rotatable bonds is 3. The molecule has 0 unspecified atom stereocenters. The van der Waals surface area contributed by atoms with E-state index in [1.54, 1.807) is 17.1 Å². The monoisotopic (exact) mass is 387 g/mol. The summed E-state index contributed by atoms with van der Waals surface area (Å²) in [6.45, 7) is 3.15. The summed E-state index contributed by atoms with van der Waals surface area (Å²) in [5, 5.41) is 13.0. The normalized spacial score (nSPS) is 16.2. The van der Waals surface area contributed by atoms with Crippen molar-refractivity contribution in [3.05, 3.63) is 71.6 Å². The predicted molar refractivity (Wildman–Crippen MR) is 107 cm³/mol. The number of carbonyl (C=O) groups excluding carboxylic acids is 1. The molecule has 29 heavy (non-hydrogen) atoms. The minimum absolute atomic E-state index is 0.0497. The second-order valence-electron chi connectivity index (χ2n) is 7.50. The van der Waals surface area contributed by atoms with Crippen LogP contribution < -0.4 is 0 Å². The zero-order valence-corrected chi connectivity index (χ0v) is 16.4. The zero-order chi connectivity index (χ0) is 20.0. The fraction of sp³-hybridized carbons (Fsp3) is 0.286. The predicted octanol–water partition coefficient (Wildman–Crippen LogP) is 2.37. The van der Waals surface area contributed by atoms with E-state index in [9.17, 15) is 4.79 Å². The molecule has 0 N–H and O–H groups in total. The molecule has 1 aromatic carbocycles. The molecule has 1 amide bonds. The molecule has 0 radical (unpaired) electrons.